The molecule has 0 saturated heterocycles. The molecule has 29 heavy (non-hydrogen) atoms. The molecule has 0 atom stereocenters. The first kappa shape index (κ1) is 23.1. The molecule has 4 aromatic carbocycles. The fourth-order valence-corrected chi connectivity index (χ4v) is 3.37. The first-order valence-corrected chi connectivity index (χ1v) is 12.8. The van der Waals surface area contributed by atoms with Crippen molar-refractivity contribution in [3.05, 3.63) is 94.5 Å². The molecule has 0 spiro atoms. The van der Waals surface area contributed by atoms with E-state index in [9.17, 15) is 9.59 Å². The van der Waals surface area contributed by atoms with Crippen LogP contribution in [0.4, 0.5) is 0 Å². The van der Waals surface area contributed by atoms with Gasteiger partial charge < -0.3 is 10.2 Å². The Labute approximate surface area is 191 Å². The molecule has 4 rings (SSSR count). The fourth-order valence-electron chi connectivity index (χ4n) is 2.87. The van der Waals surface area contributed by atoms with Crippen LogP contribution in [-0.2, 0) is 0 Å². The lowest BCUT2D eigenvalue weighted by molar-refractivity contribution is 0.0688. The molecule has 0 aromatic heterocycles. The monoisotopic (exact) mass is 580 g/mol. The van der Waals surface area contributed by atoms with E-state index < -0.39 is 11.9 Å². The maximum atomic E-state index is 10.9. The highest BCUT2D eigenvalue weighted by molar-refractivity contribution is 9.93. The Hall–Kier alpha value is -2.22. The van der Waals surface area contributed by atoms with Gasteiger partial charge in [-0.15, -0.1) is 0 Å². The van der Waals surface area contributed by atoms with Gasteiger partial charge in [0.25, 0.3) is 0 Å². The summed E-state index contributed by atoms with van der Waals surface area (Å²) < 4.78 is 0.915. The summed E-state index contributed by atoms with van der Waals surface area (Å²) >= 11 is 8.89. The molecule has 0 bridgehead atoms. The number of aromatic carboxylic acids is 2. The van der Waals surface area contributed by atoms with E-state index in [4.69, 9.17) is 10.2 Å². The predicted octanol–water partition coefficient (Wildman–Crippen LogP) is 7.53. The lowest BCUT2D eigenvalue weighted by Gasteiger charge is -2.03. The van der Waals surface area contributed by atoms with Crippen LogP contribution in [0.3, 0.4) is 0 Å². The summed E-state index contributed by atoms with van der Waals surface area (Å²) in [4.78, 5) is 21.7. The van der Waals surface area contributed by atoms with Crippen LogP contribution >= 0.6 is 44.2 Å². The zero-order valence-electron chi connectivity index (χ0n) is 14.9. The van der Waals surface area contributed by atoms with E-state index in [0.29, 0.717) is 11.1 Å². The molecule has 148 valence electrons. The summed E-state index contributed by atoms with van der Waals surface area (Å²) in [6.07, 6.45) is 0. The molecule has 0 aliphatic heterocycles. The smallest absolute Gasteiger partial charge is 0.336 e. The number of hydrogen-bond acceptors (Lipinski definition) is 2. The summed E-state index contributed by atoms with van der Waals surface area (Å²) in [5, 5.41) is 21.3. The Kier molecular flexibility index (Phi) is 8.82. The lowest BCUT2D eigenvalue weighted by atomic mass is 10.1. The molecule has 0 radical (unpaired) electrons. The molecular weight excluding hydrogens is 568 g/mol. The molecule has 0 unspecified atom stereocenters. The number of carboxylic acid groups (broad SMARTS) is 2. The Morgan fingerprint density at radius 3 is 1.69 bits per heavy atom. The van der Waals surface area contributed by atoms with Crippen molar-refractivity contribution >= 4 is 77.7 Å². The minimum absolute atomic E-state index is 0.337. The second-order valence-electron chi connectivity index (χ2n) is 5.78. The quantitative estimate of drug-likeness (QED) is 0.256. The molecule has 4 aromatic rings. The van der Waals surface area contributed by atoms with Gasteiger partial charge in [-0.1, -0.05) is 76.6 Å². The molecule has 0 amide bonds. The largest absolute Gasteiger partial charge is 0.478 e. The van der Waals surface area contributed by atoms with Crippen molar-refractivity contribution in [1.82, 2.24) is 0 Å². The van der Waals surface area contributed by atoms with Crippen LogP contribution in [0.5, 0.6) is 0 Å². The molecule has 2 N–H and O–H groups in total. The Morgan fingerprint density at radius 1 is 0.586 bits per heavy atom. The number of benzene rings is 4. The van der Waals surface area contributed by atoms with Gasteiger partial charge in [-0.25, -0.2) is 9.59 Å². The van der Waals surface area contributed by atoms with Crippen molar-refractivity contribution in [2.24, 2.45) is 0 Å². The number of carbonyl (C=O) groups is 2. The van der Waals surface area contributed by atoms with Crippen molar-refractivity contribution in [3.8, 4) is 0 Å². The summed E-state index contributed by atoms with van der Waals surface area (Å²) in [6, 6.07) is 23.5. The third-order valence-corrected chi connectivity index (χ3v) is 4.81. The van der Waals surface area contributed by atoms with E-state index in [1.165, 1.54) is 0 Å². The topological polar surface area (TPSA) is 74.6 Å². The van der Waals surface area contributed by atoms with Gasteiger partial charge >= 0.3 is 11.9 Å². The van der Waals surface area contributed by atoms with E-state index >= 15 is 0 Å². The Morgan fingerprint density at radius 2 is 1.03 bits per heavy atom. The van der Waals surface area contributed by atoms with Gasteiger partial charge in [0.15, 0.2) is 0 Å². The maximum absolute atomic E-state index is 10.9. The lowest BCUT2D eigenvalue weighted by Crippen LogP contribution is -1.96. The average Bonchev–Trinajstić information content (AvgIpc) is 2.75. The van der Waals surface area contributed by atoms with Gasteiger partial charge in [-0.3, -0.25) is 0 Å². The molecule has 7 heteroatoms. The Balaban J connectivity index is 0.000000191. The minimum Gasteiger partial charge on any atom is -0.478 e. The third kappa shape index (κ3) is 5.65. The molecular formula is C22H15Br3O4. The molecule has 0 aliphatic rings. The summed E-state index contributed by atoms with van der Waals surface area (Å²) in [5.41, 5.74) is 0.696. The fraction of sp³-hybridized carbons (Fsp3) is 0. The van der Waals surface area contributed by atoms with Crippen molar-refractivity contribution in [2.45, 2.75) is 0 Å². The normalized spacial score (nSPS) is 9.76. The molecule has 0 aliphatic carbocycles. The number of carboxylic acids is 2. The predicted molar refractivity (Wildman–Crippen MR) is 127 cm³/mol. The molecule has 0 saturated carbocycles. The molecule has 0 heterocycles. The number of rotatable bonds is 2. The van der Waals surface area contributed by atoms with Gasteiger partial charge in [0.2, 0.25) is 0 Å². The summed E-state index contributed by atoms with van der Waals surface area (Å²) in [6.45, 7) is 0. The molecule has 0 fully saturated rings. The van der Waals surface area contributed by atoms with Crippen molar-refractivity contribution < 1.29 is 19.8 Å². The highest BCUT2D eigenvalue weighted by Crippen LogP contribution is 2.26. The van der Waals surface area contributed by atoms with Gasteiger partial charge in [-0.05, 0) is 39.7 Å². The zero-order valence-corrected chi connectivity index (χ0v) is 19.6. The number of hydrogen-bond donors (Lipinski definition) is 2. The highest BCUT2D eigenvalue weighted by atomic mass is 80.9. The van der Waals surface area contributed by atoms with E-state index in [2.05, 4.69) is 44.2 Å². The summed E-state index contributed by atoms with van der Waals surface area (Å²) in [5.74, 6) is -1.77. The Bertz CT molecular complexity index is 1150. The first-order valence-electron chi connectivity index (χ1n) is 8.25. The number of fused-ring (bicyclic) bond motifs is 2. The highest BCUT2D eigenvalue weighted by Gasteiger charge is 2.08. The van der Waals surface area contributed by atoms with E-state index in [1.54, 1.807) is 24.3 Å². The van der Waals surface area contributed by atoms with Gasteiger partial charge in [0.1, 0.15) is 0 Å². The second-order valence-corrected chi connectivity index (χ2v) is 6.63. The van der Waals surface area contributed by atoms with E-state index in [0.717, 1.165) is 26.0 Å². The van der Waals surface area contributed by atoms with Crippen molar-refractivity contribution in [2.75, 3.05) is 0 Å². The van der Waals surface area contributed by atoms with Gasteiger partial charge in [0, 0.05) is 32.7 Å². The zero-order chi connectivity index (χ0) is 21.4. The van der Waals surface area contributed by atoms with Crippen LogP contribution in [0.1, 0.15) is 20.7 Å². The average molecular weight is 583 g/mol. The third-order valence-electron chi connectivity index (χ3n) is 4.12. The van der Waals surface area contributed by atoms with Crippen molar-refractivity contribution in [3.63, 3.8) is 0 Å². The van der Waals surface area contributed by atoms with Gasteiger partial charge in [0.05, 0.1) is 11.1 Å². The van der Waals surface area contributed by atoms with Gasteiger partial charge in [-0.2, -0.15) is 0 Å². The van der Waals surface area contributed by atoms with Crippen LogP contribution in [0, 0.1) is 0 Å². The number of halogens is 3. The van der Waals surface area contributed by atoms with Crippen LogP contribution in [0.25, 0.3) is 21.5 Å². The van der Waals surface area contributed by atoms with E-state index in [1.807, 2.05) is 54.6 Å². The first-order chi connectivity index (χ1) is 14.0. The standard InChI is InChI=1S/C11H7BrO2.C11H8O2.Br2/c12-10-6-2-3-7-8(10)4-1-5-9(7)11(13)14;12-11(13)10-7-3-5-8-4-1-2-6-9(8)10;1-2/h1-6H,(H,13,14);1-7H,(H,12,13);. The van der Waals surface area contributed by atoms with Crippen LogP contribution in [0.15, 0.2) is 83.3 Å². The summed E-state index contributed by atoms with van der Waals surface area (Å²) in [7, 11) is 0. The van der Waals surface area contributed by atoms with Crippen molar-refractivity contribution in [1.29, 1.82) is 0 Å². The minimum atomic E-state index is -0.895. The maximum Gasteiger partial charge on any atom is 0.336 e. The van der Waals surface area contributed by atoms with Crippen LogP contribution in [0.2, 0.25) is 0 Å². The second kappa shape index (κ2) is 11.1. The molecule has 4 nitrogen and oxygen atoms in total. The SMILES string of the molecule is BrBr.O=C(O)c1cccc2c(Br)cccc12.O=C(O)c1cccc2ccccc12. The van der Waals surface area contributed by atoms with Crippen LogP contribution in [-0.4, -0.2) is 22.2 Å². The van der Waals surface area contributed by atoms with Crippen LogP contribution < -0.4 is 0 Å². The van der Waals surface area contributed by atoms with E-state index in [-0.39, 0.29) is 0 Å².